The van der Waals surface area contributed by atoms with E-state index >= 15 is 0 Å². The number of nitrogens with zero attached hydrogens (tertiary/aromatic N) is 2. The van der Waals surface area contributed by atoms with E-state index in [9.17, 15) is 18.0 Å². The molecule has 0 amide bonds. The van der Waals surface area contributed by atoms with Crippen LogP contribution in [0, 0.1) is 0 Å². The summed E-state index contributed by atoms with van der Waals surface area (Å²) in [4.78, 5) is 14.7. The molecule has 0 bridgehead atoms. The van der Waals surface area contributed by atoms with Gasteiger partial charge < -0.3 is 9.67 Å². The number of aromatic nitrogens is 2. The molecule has 0 radical (unpaired) electrons. The van der Waals surface area contributed by atoms with Crippen LogP contribution in [0.15, 0.2) is 35.3 Å². The lowest BCUT2D eigenvalue weighted by Crippen LogP contribution is -2.09. The summed E-state index contributed by atoms with van der Waals surface area (Å²) in [7, 11) is 0. The zero-order valence-corrected chi connectivity index (χ0v) is 11.4. The summed E-state index contributed by atoms with van der Waals surface area (Å²) in [6.07, 6.45) is 0.0896. The van der Waals surface area contributed by atoms with Crippen LogP contribution in [-0.2, 0) is 12.7 Å². The molecule has 2 aromatic heterocycles. The van der Waals surface area contributed by atoms with Crippen molar-refractivity contribution in [1.29, 1.82) is 0 Å². The van der Waals surface area contributed by atoms with Crippen molar-refractivity contribution in [2.45, 2.75) is 12.7 Å². The van der Waals surface area contributed by atoms with Crippen molar-refractivity contribution < 1.29 is 23.1 Å². The number of carboxylic acids is 1. The van der Waals surface area contributed by atoms with Gasteiger partial charge in [-0.1, -0.05) is 0 Å². The van der Waals surface area contributed by atoms with E-state index in [0.29, 0.717) is 10.0 Å². The zero-order valence-electron chi connectivity index (χ0n) is 9.86. The first-order valence-electron chi connectivity index (χ1n) is 5.37. The number of halogens is 4. The van der Waals surface area contributed by atoms with Crippen molar-refractivity contribution in [3.05, 3.63) is 52.0 Å². The van der Waals surface area contributed by atoms with E-state index in [1.165, 1.54) is 10.8 Å². The molecule has 0 unspecified atom stereocenters. The molecular formula is C12H8BrF3N2O2. The van der Waals surface area contributed by atoms with Gasteiger partial charge in [0.15, 0.2) is 0 Å². The predicted molar refractivity (Wildman–Crippen MR) is 67.4 cm³/mol. The molecule has 0 atom stereocenters. The normalized spacial score (nSPS) is 11.6. The van der Waals surface area contributed by atoms with Gasteiger partial charge in [0.05, 0.1) is 11.1 Å². The third-order valence-electron chi connectivity index (χ3n) is 2.54. The Bertz CT molecular complexity index is 652. The van der Waals surface area contributed by atoms with Crippen LogP contribution in [0.25, 0.3) is 0 Å². The van der Waals surface area contributed by atoms with Crippen LogP contribution in [0.4, 0.5) is 13.2 Å². The molecule has 106 valence electrons. The lowest BCUT2D eigenvalue weighted by Gasteiger charge is -2.05. The summed E-state index contributed by atoms with van der Waals surface area (Å²) >= 11 is 3.20. The average Bonchev–Trinajstić information content (AvgIpc) is 2.73. The highest BCUT2D eigenvalue weighted by atomic mass is 79.9. The Morgan fingerprint density at radius 2 is 2.05 bits per heavy atom. The van der Waals surface area contributed by atoms with Crippen LogP contribution in [0.2, 0.25) is 0 Å². The quantitative estimate of drug-likeness (QED) is 0.924. The molecule has 0 fully saturated rings. The molecule has 0 saturated heterocycles. The fourth-order valence-electron chi connectivity index (χ4n) is 1.75. The first-order valence-corrected chi connectivity index (χ1v) is 6.16. The van der Waals surface area contributed by atoms with Gasteiger partial charge in [-0.25, -0.2) is 4.79 Å². The Hall–Kier alpha value is -1.83. The molecule has 20 heavy (non-hydrogen) atoms. The van der Waals surface area contributed by atoms with E-state index in [0.717, 1.165) is 12.4 Å². The third-order valence-corrected chi connectivity index (χ3v) is 2.98. The molecule has 8 heteroatoms. The van der Waals surface area contributed by atoms with Gasteiger partial charge in [0.25, 0.3) is 0 Å². The van der Waals surface area contributed by atoms with Crippen molar-refractivity contribution >= 4 is 21.9 Å². The van der Waals surface area contributed by atoms with Gasteiger partial charge in [0.1, 0.15) is 0 Å². The van der Waals surface area contributed by atoms with E-state index in [4.69, 9.17) is 5.11 Å². The summed E-state index contributed by atoms with van der Waals surface area (Å²) in [5, 5.41) is 8.82. The average molecular weight is 349 g/mol. The molecule has 0 aliphatic carbocycles. The van der Waals surface area contributed by atoms with Crippen LogP contribution in [0.5, 0.6) is 0 Å². The first kappa shape index (κ1) is 14.6. The Labute approximate surface area is 120 Å². The summed E-state index contributed by atoms with van der Waals surface area (Å²) in [6.45, 7) is 0.1000. The minimum atomic E-state index is -4.70. The van der Waals surface area contributed by atoms with Crippen molar-refractivity contribution in [2.75, 3.05) is 0 Å². The standard InChI is InChI=1S/C12H8BrF3N2O2/c13-8-1-7(2-17-3-8)4-18-5-9(11(19)20)10(6-18)12(14,15)16/h1-3,5-6H,4H2,(H,19,20). The van der Waals surface area contributed by atoms with Gasteiger partial charge in [-0.05, 0) is 27.6 Å². The van der Waals surface area contributed by atoms with E-state index < -0.39 is 23.3 Å². The molecular weight excluding hydrogens is 341 g/mol. The number of carboxylic acid groups (broad SMARTS) is 1. The fourth-order valence-corrected chi connectivity index (χ4v) is 2.16. The van der Waals surface area contributed by atoms with E-state index in [1.54, 1.807) is 12.3 Å². The summed E-state index contributed by atoms with van der Waals surface area (Å²) in [5.41, 5.74) is -1.27. The lowest BCUT2D eigenvalue weighted by atomic mass is 10.2. The zero-order chi connectivity index (χ0) is 14.9. The van der Waals surface area contributed by atoms with Gasteiger partial charge in [0, 0.05) is 35.8 Å². The Balaban J connectivity index is 2.37. The van der Waals surface area contributed by atoms with Gasteiger partial charge in [-0.2, -0.15) is 13.2 Å². The molecule has 0 aliphatic heterocycles. The summed E-state index contributed by atoms with van der Waals surface area (Å²) in [5.74, 6) is -1.61. The predicted octanol–water partition coefficient (Wildman–Crippen LogP) is 3.41. The summed E-state index contributed by atoms with van der Waals surface area (Å²) in [6, 6.07) is 1.70. The Morgan fingerprint density at radius 3 is 2.55 bits per heavy atom. The second kappa shape index (κ2) is 5.28. The van der Waals surface area contributed by atoms with Crippen LogP contribution < -0.4 is 0 Å². The topological polar surface area (TPSA) is 55.1 Å². The van der Waals surface area contributed by atoms with Crippen molar-refractivity contribution in [3.8, 4) is 0 Å². The van der Waals surface area contributed by atoms with E-state index in [1.807, 2.05) is 0 Å². The Kier molecular flexibility index (Phi) is 3.85. The number of hydrogen-bond donors (Lipinski definition) is 1. The van der Waals surface area contributed by atoms with Crippen LogP contribution in [0.3, 0.4) is 0 Å². The highest BCUT2D eigenvalue weighted by Gasteiger charge is 2.36. The highest BCUT2D eigenvalue weighted by molar-refractivity contribution is 9.10. The maximum atomic E-state index is 12.7. The number of hydrogen-bond acceptors (Lipinski definition) is 2. The maximum absolute atomic E-state index is 12.7. The molecule has 0 saturated carbocycles. The molecule has 1 N–H and O–H groups in total. The van der Waals surface area contributed by atoms with Gasteiger partial charge in [-0.3, -0.25) is 4.98 Å². The van der Waals surface area contributed by atoms with Gasteiger partial charge in [-0.15, -0.1) is 0 Å². The fraction of sp³-hybridized carbons (Fsp3) is 0.167. The third kappa shape index (κ3) is 3.19. The largest absolute Gasteiger partial charge is 0.478 e. The van der Waals surface area contributed by atoms with E-state index in [2.05, 4.69) is 20.9 Å². The second-order valence-electron chi connectivity index (χ2n) is 4.07. The molecule has 0 spiro atoms. The minimum absolute atomic E-state index is 0.1000. The van der Waals surface area contributed by atoms with E-state index in [-0.39, 0.29) is 6.54 Å². The lowest BCUT2D eigenvalue weighted by molar-refractivity contribution is -0.138. The number of aromatic carboxylic acids is 1. The molecule has 0 aliphatic rings. The number of pyridine rings is 1. The van der Waals surface area contributed by atoms with Crippen LogP contribution >= 0.6 is 15.9 Å². The number of rotatable bonds is 3. The Morgan fingerprint density at radius 1 is 1.35 bits per heavy atom. The van der Waals surface area contributed by atoms with Crippen LogP contribution in [0.1, 0.15) is 21.5 Å². The number of alkyl halides is 3. The van der Waals surface area contributed by atoms with Gasteiger partial charge in [0.2, 0.25) is 0 Å². The molecule has 4 nitrogen and oxygen atoms in total. The SMILES string of the molecule is O=C(O)c1cn(Cc2cncc(Br)c2)cc1C(F)(F)F. The van der Waals surface area contributed by atoms with Crippen LogP contribution in [-0.4, -0.2) is 20.6 Å². The first-order chi connectivity index (χ1) is 9.27. The van der Waals surface area contributed by atoms with Gasteiger partial charge >= 0.3 is 12.1 Å². The minimum Gasteiger partial charge on any atom is -0.478 e. The molecule has 0 aromatic carbocycles. The molecule has 2 aromatic rings. The monoisotopic (exact) mass is 348 g/mol. The molecule has 2 rings (SSSR count). The maximum Gasteiger partial charge on any atom is 0.418 e. The van der Waals surface area contributed by atoms with Crippen molar-refractivity contribution in [1.82, 2.24) is 9.55 Å². The molecule has 2 heterocycles. The summed E-state index contributed by atoms with van der Waals surface area (Å²) < 4.78 is 40.1. The second-order valence-corrected chi connectivity index (χ2v) is 4.99. The smallest absolute Gasteiger partial charge is 0.418 e. The highest BCUT2D eigenvalue weighted by Crippen LogP contribution is 2.32. The van der Waals surface area contributed by atoms with Crippen molar-refractivity contribution in [2.24, 2.45) is 0 Å². The van der Waals surface area contributed by atoms with Crippen molar-refractivity contribution in [3.63, 3.8) is 0 Å². The number of carbonyl (C=O) groups is 1.